The zero-order valence-electron chi connectivity index (χ0n) is 60.8. The van der Waals surface area contributed by atoms with Gasteiger partial charge in [0.2, 0.25) is 0 Å². The fourth-order valence-corrected chi connectivity index (χ4v) is 21.3. The second-order valence-electron chi connectivity index (χ2n) is 33.0. The number of nitrogens with zero attached hydrogens (tertiary/aromatic N) is 5. The van der Waals surface area contributed by atoms with Gasteiger partial charge in [-0.15, -0.1) is 0 Å². The van der Waals surface area contributed by atoms with Crippen LogP contribution in [0.15, 0.2) is 303 Å². The Hall–Kier alpha value is -12.7. The summed E-state index contributed by atoms with van der Waals surface area (Å²) in [5.74, 6) is 0. The normalized spacial score (nSPS) is 16.1. The predicted octanol–water partition coefficient (Wildman–Crippen LogP) is 26.0. The summed E-state index contributed by atoms with van der Waals surface area (Å²) in [7, 11) is 0. The molecule has 5 aromatic heterocycles. The van der Waals surface area contributed by atoms with Gasteiger partial charge in [0.25, 0.3) is 0 Å². The number of aromatic nitrogens is 5. The number of fused-ring (bicyclic) bond motifs is 23. The Morgan fingerprint density at radius 3 is 1.07 bits per heavy atom. The van der Waals surface area contributed by atoms with Gasteiger partial charge >= 0.3 is 0 Å². The van der Waals surface area contributed by atoms with Crippen molar-refractivity contribution in [1.82, 2.24) is 22.8 Å². The summed E-state index contributed by atoms with van der Waals surface area (Å²) in [6.07, 6.45) is 0.813. The van der Waals surface area contributed by atoms with E-state index < -0.39 is 0 Å². The average molecular weight is 1370 g/mol. The molecule has 5 heteroatoms. The molecule has 0 bridgehead atoms. The van der Waals surface area contributed by atoms with E-state index in [1.807, 2.05) is 0 Å². The standard InChI is InChI=1S/C102H73N5/c1-99(2)77-28-9-14-36-90(77)104-86-46-41-60(51-72(86)69-25-19-32-81(99)95(69)104)61-42-48-89-75(53-61)76-55-65(56-84-98(76)106(89)92-38-16-11-30-79(92)101(84,5)6)63-44-49-88-74(54-63)71-27-21-34-83-97(71)107(88)93-39-17-12-31-80(93)102(83,7)58-59-22-18-23-66(50-59)103-85-35-13-8-24-67(85)68-45-40-64(57-94(68)103)62-43-47-87-73(52-62)70-26-20-33-82-96(70)105(87)91-37-15-10-29-78(91)100(82,3)4/h8-57H,58H2,1-7H3. The van der Waals surface area contributed by atoms with Crippen molar-refractivity contribution < 1.29 is 0 Å². The van der Waals surface area contributed by atoms with Crippen LogP contribution in [-0.4, -0.2) is 22.8 Å². The van der Waals surface area contributed by atoms with Gasteiger partial charge in [-0.2, -0.15) is 0 Å². The third-order valence-electron chi connectivity index (χ3n) is 26.4. The number of hydrogen-bond acceptors (Lipinski definition) is 0. The summed E-state index contributed by atoms with van der Waals surface area (Å²) in [5.41, 5.74) is 37.3. The van der Waals surface area contributed by atoms with Gasteiger partial charge in [-0.25, -0.2) is 0 Å². The molecule has 9 heterocycles. The van der Waals surface area contributed by atoms with E-state index in [1.165, 1.54) is 215 Å². The first-order valence-electron chi connectivity index (χ1n) is 38.1. The number of hydrogen-bond donors (Lipinski definition) is 0. The van der Waals surface area contributed by atoms with Crippen LogP contribution in [0.25, 0.3) is 171 Å². The van der Waals surface area contributed by atoms with Crippen LogP contribution >= 0.6 is 0 Å². The van der Waals surface area contributed by atoms with Crippen molar-refractivity contribution in [2.45, 2.75) is 76.5 Å². The van der Waals surface area contributed by atoms with Crippen molar-refractivity contribution in [3.8, 4) is 61.8 Å². The number of rotatable bonds is 6. The van der Waals surface area contributed by atoms with Crippen LogP contribution in [-0.2, 0) is 28.1 Å². The van der Waals surface area contributed by atoms with E-state index in [0.717, 1.165) is 12.1 Å². The van der Waals surface area contributed by atoms with Crippen molar-refractivity contribution in [2.75, 3.05) is 0 Å². The molecule has 0 saturated heterocycles. The van der Waals surface area contributed by atoms with E-state index in [9.17, 15) is 0 Å². The first kappa shape index (κ1) is 59.7. The minimum Gasteiger partial charge on any atom is -0.309 e. The van der Waals surface area contributed by atoms with Crippen LogP contribution in [0.2, 0.25) is 0 Å². The SMILES string of the molecule is CC1(C)c2ccccc2-n2c3ccc(-c4ccc5c(c4)c4cc(-c6ccc7c(c6)c6cccc8c6n7-c6ccccc6C8(C)Cc6cccc(-n7c8ccccc8c8ccc(-c9ccc%10c(c9)c9cccc%11c9n%10-c9ccccc9C%11(C)C)cc87)c6)cc6c4n5-c4ccccc4C6(C)C)cc3c3cccc1c32. The summed E-state index contributed by atoms with van der Waals surface area (Å²) in [6.45, 7) is 16.9. The topological polar surface area (TPSA) is 24.6 Å². The van der Waals surface area contributed by atoms with Crippen LogP contribution in [0.5, 0.6) is 0 Å². The lowest BCUT2D eigenvalue weighted by atomic mass is 9.69. The molecule has 4 aliphatic heterocycles. The molecule has 107 heavy (non-hydrogen) atoms. The van der Waals surface area contributed by atoms with Gasteiger partial charge in [-0.1, -0.05) is 243 Å². The molecule has 4 aliphatic rings. The molecule has 0 amide bonds. The lowest BCUT2D eigenvalue weighted by Crippen LogP contribution is -2.32. The van der Waals surface area contributed by atoms with Gasteiger partial charge in [0.05, 0.1) is 77.9 Å². The monoisotopic (exact) mass is 1370 g/mol. The van der Waals surface area contributed by atoms with Crippen LogP contribution < -0.4 is 0 Å². The third kappa shape index (κ3) is 7.58. The molecule has 1 atom stereocenters. The zero-order chi connectivity index (χ0) is 71.0. The predicted molar refractivity (Wildman–Crippen MR) is 447 cm³/mol. The van der Waals surface area contributed by atoms with Gasteiger partial charge in [0, 0.05) is 81.2 Å². The Balaban J connectivity index is 0.626. The molecular weight excluding hydrogens is 1300 g/mol. The Kier molecular flexibility index (Phi) is 11.4. The molecule has 15 aromatic carbocycles. The first-order chi connectivity index (χ1) is 52.2. The molecular formula is C102H73N5. The molecule has 5 nitrogen and oxygen atoms in total. The largest absolute Gasteiger partial charge is 0.309 e. The van der Waals surface area contributed by atoms with Gasteiger partial charge in [0.1, 0.15) is 0 Å². The summed E-state index contributed by atoms with van der Waals surface area (Å²) < 4.78 is 12.7. The van der Waals surface area contributed by atoms with E-state index in [1.54, 1.807) is 0 Å². The van der Waals surface area contributed by atoms with Crippen molar-refractivity contribution >= 4 is 109 Å². The highest BCUT2D eigenvalue weighted by atomic mass is 15.0. The quantitative estimate of drug-likeness (QED) is 0.159. The summed E-state index contributed by atoms with van der Waals surface area (Å²) in [6, 6.07) is 117. The Morgan fingerprint density at radius 1 is 0.206 bits per heavy atom. The van der Waals surface area contributed by atoms with Crippen molar-refractivity contribution in [2.24, 2.45) is 0 Å². The fraction of sp³-hybridized carbons (Fsp3) is 0.118. The molecule has 0 spiro atoms. The number of para-hydroxylation sites is 8. The fourth-order valence-electron chi connectivity index (χ4n) is 21.3. The van der Waals surface area contributed by atoms with E-state index in [0.29, 0.717) is 0 Å². The molecule has 24 rings (SSSR count). The molecule has 0 N–H and O–H groups in total. The van der Waals surface area contributed by atoms with Gasteiger partial charge in [-0.05, 0) is 199 Å². The highest BCUT2D eigenvalue weighted by Crippen LogP contribution is 2.55. The van der Waals surface area contributed by atoms with Gasteiger partial charge in [0.15, 0.2) is 0 Å². The van der Waals surface area contributed by atoms with E-state index in [-0.39, 0.29) is 21.7 Å². The summed E-state index contributed by atoms with van der Waals surface area (Å²) in [5, 5.41) is 12.8. The van der Waals surface area contributed by atoms with Crippen molar-refractivity contribution in [1.29, 1.82) is 0 Å². The molecule has 20 aromatic rings. The second-order valence-corrected chi connectivity index (χ2v) is 33.0. The average Bonchev–Trinajstić information content (AvgIpc) is 1.58. The maximum atomic E-state index is 2.58. The Morgan fingerprint density at radius 2 is 0.551 bits per heavy atom. The molecule has 0 fully saturated rings. The van der Waals surface area contributed by atoms with E-state index >= 15 is 0 Å². The Bertz CT molecular complexity index is 7470. The molecule has 506 valence electrons. The first-order valence-corrected chi connectivity index (χ1v) is 38.1. The Labute approximate surface area is 619 Å². The van der Waals surface area contributed by atoms with Gasteiger partial charge in [-0.3, -0.25) is 0 Å². The van der Waals surface area contributed by atoms with E-state index in [2.05, 4.69) is 375 Å². The van der Waals surface area contributed by atoms with Crippen LogP contribution in [0.1, 0.15) is 98.5 Å². The molecule has 0 radical (unpaired) electrons. The summed E-state index contributed by atoms with van der Waals surface area (Å²) >= 11 is 0. The van der Waals surface area contributed by atoms with E-state index in [4.69, 9.17) is 0 Å². The maximum absolute atomic E-state index is 2.58. The smallest absolute Gasteiger partial charge is 0.0582 e. The summed E-state index contributed by atoms with van der Waals surface area (Å²) in [4.78, 5) is 0. The maximum Gasteiger partial charge on any atom is 0.0582 e. The van der Waals surface area contributed by atoms with Crippen molar-refractivity contribution in [3.05, 3.63) is 353 Å². The van der Waals surface area contributed by atoms with Crippen molar-refractivity contribution in [3.63, 3.8) is 0 Å². The highest BCUT2D eigenvalue weighted by Gasteiger charge is 2.42. The second kappa shape index (κ2) is 20.4. The minimum absolute atomic E-state index is 0.119. The van der Waals surface area contributed by atoms with Gasteiger partial charge < -0.3 is 22.8 Å². The van der Waals surface area contributed by atoms with Crippen LogP contribution in [0.4, 0.5) is 0 Å². The minimum atomic E-state index is -0.371. The van der Waals surface area contributed by atoms with Crippen LogP contribution in [0.3, 0.4) is 0 Å². The highest BCUT2D eigenvalue weighted by molar-refractivity contribution is 6.19. The number of benzene rings is 15. The molecule has 0 aliphatic carbocycles. The van der Waals surface area contributed by atoms with Crippen LogP contribution in [0, 0.1) is 0 Å². The lowest BCUT2D eigenvalue weighted by Gasteiger charge is -2.38. The third-order valence-corrected chi connectivity index (χ3v) is 26.4. The zero-order valence-corrected chi connectivity index (χ0v) is 60.8. The lowest BCUT2D eigenvalue weighted by molar-refractivity contribution is 0.560. The molecule has 0 saturated carbocycles. The molecule has 1 unspecified atom stereocenters.